The molecule has 0 saturated carbocycles. The minimum Gasteiger partial charge on any atom is -0.313 e. The van der Waals surface area contributed by atoms with E-state index in [4.69, 9.17) is 0 Å². The summed E-state index contributed by atoms with van der Waals surface area (Å²) in [5.41, 5.74) is 0.118. The number of sulfone groups is 1. The lowest BCUT2D eigenvalue weighted by Crippen LogP contribution is -2.22. The Morgan fingerprint density at radius 2 is 1.04 bits per heavy atom. The molecule has 0 aliphatic heterocycles. The molecule has 0 amide bonds. The lowest BCUT2D eigenvalue weighted by molar-refractivity contribution is 0.581. The maximum absolute atomic E-state index is 13.3. The van der Waals surface area contributed by atoms with Gasteiger partial charge < -0.3 is 4.57 Å². The molecule has 0 atom stereocenters. The van der Waals surface area contributed by atoms with Crippen LogP contribution in [0, 0.1) is 0 Å². The lowest BCUT2D eigenvalue weighted by Gasteiger charge is -2.23. The summed E-state index contributed by atoms with van der Waals surface area (Å²) in [5, 5.41) is 1.66. The first-order valence-corrected chi connectivity index (χ1v) is 11.7. The topological polar surface area (TPSA) is 51.2 Å². The minimum absolute atomic E-state index is 0.118. The zero-order valence-electron chi connectivity index (χ0n) is 15.0. The molecule has 0 saturated heterocycles. The molecule has 5 heteroatoms. The van der Waals surface area contributed by atoms with E-state index in [9.17, 15) is 13.0 Å². The minimum atomic E-state index is -2.74. The molecule has 0 heterocycles. The fourth-order valence-electron chi connectivity index (χ4n) is 2.04. The van der Waals surface area contributed by atoms with Crippen molar-refractivity contribution in [3.05, 3.63) is 60.7 Å². The van der Waals surface area contributed by atoms with E-state index in [0.717, 1.165) is 10.6 Å². The fraction of sp³-hybridized carbons (Fsp3) is 0.368. The highest BCUT2D eigenvalue weighted by atomic mass is 32.2. The highest BCUT2D eigenvalue weighted by molar-refractivity contribution is 7.91. The van der Waals surface area contributed by atoms with Gasteiger partial charge in [-0.1, -0.05) is 74.5 Å². The van der Waals surface area contributed by atoms with E-state index < -0.39 is 17.0 Å². The van der Waals surface area contributed by atoms with Gasteiger partial charge in [0, 0.05) is 22.5 Å². The van der Waals surface area contributed by atoms with Crippen molar-refractivity contribution in [1.29, 1.82) is 0 Å². The van der Waals surface area contributed by atoms with Crippen LogP contribution in [0.4, 0.5) is 0 Å². The summed E-state index contributed by atoms with van der Waals surface area (Å²) < 4.78 is 34.0. The van der Waals surface area contributed by atoms with E-state index in [1.807, 2.05) is 74.5 Å². The first kappa shape index (κ1) is 20.7. The maximum Gasteiger partial charge on any atom is 0.149 e. The van der Waals surface area contributed by atoms with Gasteiger partial charge in [-0.3, -0.25) is 0 Å². The van der Waals surface area contributed by atoms with Crippen molar-refractivity contribution in [2.45, 2.75) is 38.6 Å². The lowest BCUT2D eigenvalue weighted by atomic mass is 10.4. The molecule has 132 valence electrons. The summed E-state index contributed by atoms with van der Waals surface area (Å²) >= 11 is 0. The van der Waals surface area contributed by atoms with Crippen LogP contribution in [0.2, 0.25) is 0 Å². The monoisotopic (exact) mass is 366 g/mol. The predicted molar refractivity (Wildman–Crippen MR) is 105 cm³/mol. The van der Waals surface area contributed by atoms with Crippen LogP contribution in [-0.4, -0.2) is 25.6 Å². The molecule has 2 rings (SSSR count). The molecule has 0 unspecified atom stereocenters. The van der Waals surface area contributed by atoms with Gasteiger partial charge in [0.2, 0.25) is 0 Å². The molecule has 0 aliphatic carbocycles. The van der Waals surface area contributed by atoms with Crippen molar-refractivity contribution in [3.63, 3.8) is 0 Å². The molecule has 0 bridgehead atoms. The van der Waals surface area contributed by atoms with E-state index in [1.54, 1.807) is 13.8 Å². The Morgan fingerprint density at radius 3 is 1.25 bits per heavy atom. The van der Waals surface area contributed by atoms with Crippen LogP contribution in [0.3, 0.4) is 0 Å². The number of rotatable bonds is 4. The van der Waals surface area contributed by atoms with E-state index in [1.165, 1.54) is 6.26 Å². The molecule has 3 nitrogen and oxygen atoms in total. The summed E-state index contributed by atoms with van der Waals surface area (Å²) in [7, 11) is -5.24. The quantitative estimate of drug-likeness (QED) is 0.773. The van der Waals surface area contributed by atoms with E-state index in [-0.39, 0.29) is 10.9 Å². The molecular formula is C19H27O3PS. The van der Waals surface area contributed by atoms with Crippen LogP contribution in [0.15, 0.2) is 60.7 Å². The molecule has 0 aromatic heterocycles. The van der Waals surface area contributed by atoms with Crippen LogP contribution in [-0.2, 0) is 14.4 Å². The van der Waals surface area contributed by atoms with Crippen LogP contribution in [0.1, 0.15) is 27.7 Å². The third kappa shape index (κ3) is 5.32. The Balaban J connectivity index is 0.000000351. The van der Waals surface area contributed by atoms with Gasteiger partial charge in [0.05, 0.1) is 5.25 Å². The Kier molecular flexibility index (Phi) is 7.44. The first-order chi connectivity index (χ1) is 11.1. The molecule has 0 radical (unpaired) electrons. The molecule has 24 heavy (non-hydrogen) atoms. The van der Waals surface area contributed by atoms with Gasteiger partial charge in [0.1, 0.15) is 17.0 Å². The van der Waals surface area contributed by atoms with Gasteiger partial charge in [0.25, 0.3) is 0 Å². The molecule has 0 spiro atoms. The molecule has 2 aromatic carbocycles. The van der Waals surface area contributed by atoms with Crippen molar-refractivity contribution in [1.82, 2.24) is 0 Å². The van der Waals surface area contributed by atoms with Crippen LogP contribution >= 0.6 is 7.14 Å². The highest BCUT2D eigenvalue weighted by Crippen LogP contribution is 2.47. The standard InChI is InChI=1S/C15H17OP.C4H10O2S/c1-13(2)17(16,14-9-5-3-6-10-14)15-11-7-4-8-12-15;1-4(2)7(3,5)6/h3-13H,1-2H3;4H,1-3H3. The zero-order valence-corrected chi connectivity index (χ0v) is 16.7. The second kappa shape index (κ2) is 8.64. The van der Waals surface area contributed by atoms with Gasteiger partial charge in [-0.15, -0.1) is 0 Å². The molecular weight excluding hydrogens is 339 g/mol. The van der Waals surface area contributed by atoms with Crippen molar-refractivity contribution < 1.29 is 13.0 Å². The van der Waals surface area contributed by atoms with Crippen molar-refractivity contribution in [3.8, 4) is 0 Å². The van der Waals surface area contributed by atoms with E-state index >= 15 is 0 Å². The molecule has 0 aliphatic rings. The average molecular weight is 366 g/mol. The fourth-order valence-corrected chi connectivity index (χ4v) is 4.77. The smallest absolute Gasteiger partial charge is 0.149 e. The SMILES string of the molecule is CC(C)P(=O)(c1ccccc1)c1ccccc1.CC(C)S(C)(=O)=O. The van der Waals surface area contributed by atoms with Crippen LogP contribution in [0.5, 0.6) is 0 Å². The normalized spacial score (nSPS) is 12.0. The summed E-state index contributed by atoms with van der Waals surface area (Å²) in [6.45, 7) is 7.38. The van der Waals surface area contributed by atoms with Gasteiger partial charge in [-0.25, -0.2) is 8.42 Å². The number of hydrogen-bond donors (Lipinski definition) is 0. The third-order valence-electron chi connectivity index (χ3n) is 3.86. The number of hydrogen-bond acceptors (Lipinski definition) is 3. The molecule has 2 aromatic rings. The summed E-state index contributed by atoms with van der Waals surface area (Å²) in [4.78, 5) is 0. The van der Waals surface area contributed by atoms with Gasteiger partial charge >= 0.3 is 0 Å². The Labute approximate surface area is 146 Å². The molecule has 0 N–H and O–H groups in total. The van der Waals surface area contributed by atoms with Gasteiger partial charge in [-0.2, -0.15) is 0 Å². The predicted octanol–water partition coefficient (Wildman–Crippen LogP) is 3.85. The summed E-state index contributed by atoms with van der Waals surface area (Å²) in [6.07, 6.45) is 1.23. The Hall–Kier alpha value is -1.38. The average Bonchev–Trinajstić information content (AvgIpc) is 2.55. The van der Waals surface area contributed by atoms with E-state index in [2.05, 4.69) is 0 Å². The summed E-state index contributed by atoms with van der Waals surface area (Å²) in [6, 6.07) is 19.6. The third-order valence-corrected chi connectivity index (χ3v) is 9.16. The van der Waals surface area contributed by atoms with Crippen LogP contribution < -0.4 is 10.6 Å². The zero-order chi connectivity index (χ0) is 18.4. The van der Waals surface area contributed by atoms with E-state index in [0.29, 0.717) is 0 Å². The van der Waals surface area contributed by atoms with Crippen LogP contribution in [0.25, 0.3) is 0 Å². The molecule has 0 fully saturated rings. The van der Waals surface area contributed by atoms with Crippen molar-refractivity contribution >= 4 is 27.6 Å². The Morgan fingerprint density at radius 1 is 0.750 bits per heavy atom. The Bertz CT molecular complexity index is 723. The van der Waals surface area contributed by atoms with Gasteiger partial charge in [-0.05, 0) is 13.8 Å². The second-order valence-corrected chi connectivity index (χ2v) is 12.3. The second-order valence-electron chi connectivity index (χ2n) is 6.30. The summed E-state index contributed by atoms with van der Waals surface area (Å²) in [5.74, 6) is 0. The maximum atomic E-state index is 13.3. The number of benzene rings is 2. The van der Waals surface area contributed by atoms with Crippen molar-refractivity contribution in [2.24, 2.45) is 0 Å². The first-order valence-electron chi connectivity index (χ1n) is 8.00. The highest BCUT2D eigenvalue weighted by Gasteiger charge is 2.30. The van der Waals surface area contributed by atoms with Crippen molar-refractivity contribution in [2.75, 3.05) is 6.26 Å². The van der Waals surface area contributed by atoms with Gasteiger partial charge in [0.15, 0.2) is 0 Å². The largest absolute Gasteiger partial charge is 0.313 e.